The minimum absolute atomic E-state index is 0.0110. The molecule has 0 amide bonds. The highest BCUT2D eigenvalue weighted by Crippen LogP contribution is 2.22. The number of Topliss-reactive ketones (excluding diaryl/α,β-unsaturated/α-hetero) is 1. The number of aryl methyl sites for hydroxylation is 2. The van der Waals surface area contributed by atoms with Crippen LogP contribution in [0.4, 0.5) is 0 Å². The lowest BCUT2D eigenvalue weighted by atomic mass is 10.1. The van der Waals surface area contributed by atoms with Gasteiger partial charge in [0.25, 0.3) is 0 Å². The number of carbonyl (C=O) groups excluding carboxylic acids is 1. The topological polar surface area (TPSA) is 52.1 Å². The number of rotatable bonds is 5. The fourth-order valence-electron chi connectivity index (χ4n) is 1.89. The zero-order valence-corrected chi connectivity index (χ0v) is 13.5. The zero-order valence-electron chi connectivity index (χ0n) is 12.6. The first kappa shape index (κ1) is 15.5. The SMILES string of the molecule is COc1ccccc1C(=O)CSc1nc(C)c(C)c(C)n1. The van der Waals surface area contributed by atoms with Gasteiger partial charge in [-0.25, -0.2) is 9.97 Å². The second-order valence-corrected chi connectivity index (χ2v) is 5.66. The van der Waals surface area contributed by atoms with Gasteiger partial charge in [-0.3, -0.25) is 4.79 Å². The highest BCUT2D eigenvalue weighted by Gasteiger charge is 2.13. The lowest BCUT2D eigenvalue weighted by molar-refractivity contribution is 0.101. The molecule has 4 nitrogen and oxygen atoms in total. The molecule has 5 heteroatoms. The van der Waals surface area contributed by atoms with Crippen LogP contribution >= 0.6 is 11.8 Å². The van der Waals surface area contributed by atoms with E-state index in [1.54, 1.807) is 19.2 Å². The maximum absolute atomic E-state index is 12.3. The van der Waals surface area contributed by atoms with Gasteiger partial charge in [0.05, 0.1) is 18.4 Å². The molecule has 0 aliphatic rings. The third-order valence-electron chi connectivity index (χ3n) is 3.35. The summed E-state index contributed by atoms with van der Waals surface area (Å²) in [6.07, 6.45) is 0. The van der Waals surface area contributed by atoms with Gasteiger partial charge >= 0.3 is 0 Å². The molecular weight excluding hydrogens is 284 g/mol. The number of ketones is 1. The van der Waals surface area contributed by atoms with Crippen LogP contribution in [0.15, 0.2) is 29.4 Å². The Morgan fingerprint density at radius 3 is 2.38 bits per heavy atom. The summed E-state index contributed by atoms with van der Waals surface area (Å²) >= 11 is 1.35. The summed E-state index contributed by atoms with van der Waals surface area (Å²) < 4.78 is 5.21. The van der Waals surface area contributed by atoms with E-state index < -0.39 is 0 Å². The van der Waals surface area contributed by atoms with Gasteiger partial charge in [-0.15, -0.1) is 0 Å². The van der Waals surface area contributed by atoms with Crippen molar-refractivity contribution in [3.8, 4) is 5.75 Å². The molecule has 1 aromatic carbocycles. The van der Waals surface area contributed by atoms with Crippen molar-refractivity contribution in [2.75, 3.05) is 12.9 Å². The molecule has 0 aliphatic carbocycles. The van der Waals surface area contributed by atoms with Crippen LogP contribution in [0.5, 0.6) is 5.75 Å². The summed E-state index contributed by atoms with van der Waals surface area (Å²) in [5.74, 6) is 0.902. The molecule has 0 atom stereocenters. The van der Waals surface area contributed by atoms with Crippen LogP contribution in [0.25, 0.3) is 0 Å². The fourth-order valence-corrected chi connectivity index (χ4v) is 2.71. The molecule has 0 fully saturated rings. The minimum Gasteiger partial charge on any atom is -0.496 e. The third kappa shape index (κ3) is 3.61. The van der Waals surface area contributed by atoms with Gasteiger partial charge < -0.3 is 4.74 Å². The van der Waals surface area contributed by atoms with Crippen molar-refractivity contribution in [3.05, 3.63) is 46.8 Å². The number of methoxy groups -OCH3 is 1. The van der Waals surface area contributed by atoms with E-state index in [2.05, 4.69) is 9.97 Å². The Labute approximate surface area is 129 Å². The Balaban J connectivity index is 2.11. The van der Waals surface area contributed by atoms with Crippen LogP contribution in [0.3, 0.4) is 0 Å². The molecule has 1 heterocycles. The van der Waals surface area contributed by atoms with Crippen LogP contribution in [-0.2, 0) is 0 Å². The Hall–Kier alpha value is -1.88. The largest absolute Gasteiger partial charge is 0.496 e. The summed E-state index contributed by atoms with van der Waals surface area (Å²) in [6, 6.07) is 7.23. The smallest absolute Gasteiger partial charge is 0.188 e. The number of nitrogens with zero attached hydrogens (tertiary/aromatic N) is 2. The number of hydrogen-bond acceptors (Lipinski definition) is 5. The predicted molar refractivity (Wildman–Crippen MR) is 84.3 cm³/mol. The van der Waals surface area contributed by atoms with Gasteiger partial charge in [0.15, 0.2) is 10.9 Å². The van der Waals surface area contributed by atoms with Crippen LogP contribution in [0, 0.1) is 20.8 Å². The van der Waals surface area contributed by atoms with Crippen LogP contribution in [-0.4, -0.2) is 28.6 Å². The second-order valence-electron chi connectivity index (χ2n) is 4.71. The number of benzene rings is 1. The lowest BCUT2D eigenvalue weighted by Crippen LogP contribution is -2.06. The molecular formula is C16H18N2O2S. The first-order valence-electron chi connectivity index (χ1n) is 6.63. The maximum atomic E-state index is 12.3. The first-order chi connectivity index (χ1) is 10.0. The van der Waals surface area contributed by atoms with Gasteiger partial charge in [0, 0.05) is 11.4 Å². The van der Waals surface area contributed by atoms with Crippen molar-refractivity contribution in [3.63, 3.8) is 0 Å². The molecule has 0 unspecified atom stereocenters. The zero-order chi connectivity index (χ0) is 15.4. The molecule has 0 spiro atoms. The minimum atomic E-state index is 0.0110. The summed E-state index contributed by atoms with van der Waals surface area (Å²) in [7, 11) is 1.56. The van der Waals surface area contributed by atoms with Crippen molar-refractivity contribution in [1.29, 1.82) is 0 Å². The summed E-state index contributed by atoms with van der Waals surface area (Å²) in [6.45, 7) is 5.91. The van der Waals surface area contributed by atoms with E-state index in [-0.39, 0.29) is 5.78 Å². The number of thioether (sulfide) groups is 1. The van der Waals surface area contributed by atoms with Gasteiger partial charge in [0.1, 0.15) is 5.75 Å². The number of hydrogen-bond donors (Lipinski definition) is 0. The molecule has 0 saturated heterocycles. The molecule has 2 aromatic rings. The van der Waals surface area contributed by atoms with E-state index in [1.165, 1.54) is 11.8 Å². The summed E-state index contributed by atoms with van der Waals surface area (Å²) in [4.78, 5) is 21.1. The summed E-state index contributed by atoms with van der Waals surface area (Å²) in [5.41, 5.74) is 3.59. The van der Waals surface area contributed by atoms with E-state index in [0.29, 0.717) is 22.2 Å². The molecule has 0 saturated carbocycles. The predicted octanol–water partition coefficient (Wildman–Crippen LogP) is 3.39. The standard InChI is InChI=1S/C16H18N2O2S/c1-10-11(2)17-16(18-12(10)3)21-9-14(19)13-7-5-6-8-15(13)20-4/h5-8H,9H2,1-4H3. The Morgan fingerprint density at radius 1 is 1.14 bits per heavy atom. The lowest BCUT2D eigenvalue weighted by Gasteiger charge is -2.08. The third-order valence-corrected chi connectivity index (χ3v) is 4.20. The molecule has 0 radical (unpaired) electrons. The quantitative estimate of drug-likeness (QED) is 0.481. The van der Waals surface area contributed by atoms with Gasteiger partial charge in [0.2, 0.25) is 0 Å². The number of para-hydroxylation sites is 1. The van der Waals surface area contributed by atoms with Crippen molar-refractivity contribution in [1.82, 2.24) is 9.97 Å². The van der Waals surface area contributed by atoms with Crippen LogP contribution in [0.1, 0.15) is 27.3 Å². The average molecular weight is 302 g/mol. The van der Waals surface area contributed by atoms with Crippen molar-refractivity contribution in [2.24, 2.45) is 0 Å². The van der Waals surface area contributed by atoms with E-state index >= 15 is 0 Å². The number of carbonyl (C=O) groups is 1. The Morgan fingerprint density at radius 2 is 1.76 bits per heavy atom. The van der Waals surface area contributed by atoms with E-state index in [1.807, 2.05) is 32.9 Å². The molecule has 1 aromatic heterocycles. The van der Waals surface area contributed by atoms with Crippen molar-refractivity contribution < 1.29 is 9.53 Å². The van der Waals surface area contributed by atoms with E-state index in [9.17, 15) is 4.79 Å². The number of aromatic nitrogens is 2. The Bertz CT molecular complexity index is 648. The van der Waals surface area contributed by atoms with E-state index in [0.717, 1.165) is 17.0 Å². The van der Waals surface area contributed by atoms with Crippen LogP contribution in [0.2, 0.25) is 0 Å². The van der Waals surface area contributed by atoms with E-state index in [4.69, 9.17) is 4.74 Å². The molecule has 110 valence electrons. The second kappa shape index (κ2) is 6.72. The monoisotopic (exact) mass is 302 g/mol. The first-order valence-corrected chi connectivity index (χ1v) is 7.62. The highest BCUT2D eigenvalue weighted by atomic mass is 32.2. The van der Waals surface area contributed by atoms with Gasteiger partial charge in [-0.2, -0.15) is 0 Å². The molecule has 0 aliphatic heterocycles. The van der Waals surface area contributed by atoms with Gasteiger partial charge in [-0.05, 0) is 38.5 Å². The fraction of sp³-hybridized carbons (Fsp3) is 0.312. The highest BCUT2D eigenvalue weighted by molar-refractivity contribution is 7.99. The summed E-state index contributed by atoms with van der Waals surface area (Å²) in [5, 5.41) is 0.638. The van der Waals surface area contributed by atoms with Gasteiger partial charge in [-0.1, -0.05) is 23.9 Å². The average Bonchev–Trinajstić information content (AvgIpc) is 2.50. The van der Waals surface area contributed by atoms with Crippen molar-refractivity contribution >= 4 is 17.5 Å². The van der Waals surface area contributed by atoms with Crippen LogP contribution < -0.4 is 4.74 Å². The molecule has 2 rings (SSSR count). The number of ether oxygens (including phenoxy) is 1. The molecule has 21 heavy (non-hydrogen) atoms. The normalized spacial score (nSPS) is 10.5. The van der Waals surface area contributed by atoms with Crippen molar-refractivity contribution in [2.45, 2.75) is 25.9 Å². The Kier molecular flexibility index (Phi) is 4.96. The maximum Gasteiger partial charge on any atom is 0.188 e. The molecule has 0 N–H and O–H groups in total. The molecule has 0 bridgehead atoms.